The summed E-state index contributed by atoms with van der Waals surface area (Å²) >= 11 is 0. The fourth-order valence-corrected chi connectivity index (χ4v) is 2.56. The Morgan fingerprint density at radius 2 is 1.04 bits per heavy atom. The van der Waals surface area contributed by atoms with Gasteiger partial charge in [0, 0.05) is 22.3 Å². The molecule has 0 radical (unpaired) electrons. The van der Waals surface area contributed by atoms with Crippen molar-refractivity contribution in [2.75, 3.05) is 14.2 Å². The Balaban J connectivity index is 1.80. The van der Waals surface area contributed by atoms with E-state index in [0.29, 0.717) is 11.7 Å². The second-order valence-electron chi connectivity index (χ2n) is 5.64. The summed E-state index contributed by atoms with van der Waals surface area (Å²) in [6.45, 7) is 0. The average Bonchev–Trinajstić information content (AvgIpc) is 3.19. The fourth-order valence-electron chi connectivity index (χ4n) is 2.56. The van der Waals surface area contributed by atoms with Crippen LogP contribution in [0.3, 0.4) is 0 Å². The Kier molecular flexibility index (Phi) is 5.41. The third-order valence-electron chi connectivity index (χ3n) is 3.92. The van der Waals surface area contributed by atoms with Crippen LogP contribution in [0.5, 0.6) is 0 Å². The van der Waals surface area contributed by atoms with E-state index in [2.05, 4.69) is 20.0 Å². The maximum Gasteiger partial charge on any atom is 0.170 e. The lowest BCUT2D eigenvalue weighted by atomic mass is 10.1. The van der Waals surface area contributed by atoms with E-state index < -0.39 is 0 Å². The Labute approximate surface area is 156 Å². The minimum absolute atomic E-state index is 0.320. The average molecular weight is 368 g/mol. The van der Waals surface area contributed by atoms with Gasteiger partial charge in [-0.15, -0.1) is 0 Å². The first kappa shape index (κ1) is 18.1. The van der Waals surface area contributed by atoms with Crippen molar-refractivity contribution in [1.82, 2.24) is 0 Å². The van der Waals surface area contributed by atoms with Crippen LogP contribution in [0.25, 0.3) is 22.6 Å². The molecule has 0 atom stereocenters. The zero-order chi connectivity index (χ0) is 19.2. The Bertz CT molecular complexity index is 880. The number of amidine groups is 2. The molecule has 3 rings (SSSR count). The number of nitrogens with two attached hydrogens (primary N) is 2. The molecular formula is C20H20N4O3. The van der Waals surface area contributed by atoms with Gasteiger partial charge in [-0.1, -0.05) is 58.8 Å². The van der Waals surface area contributed by atoms with Crippen molar-refractivity contribution < 1.29 is 14.1 Å². The fraction of sp³-hybridized carbons (Fsp3) is 0.100. The molecule has 0 unspecified atom stereocenters. The van der Waals surface area contributed by atoms with Gasteiger partial charge in [-0.3, -0.25) is 0 Å². The Morgan fingerprint density at radius 1 is 0.667 bits per heavy atom. The zero-order valence-electron chi connectivity index (χ0n) is 15.0. The SMILES string of the molecule is CO/N=[14C](/N)c1ccc(-c2ccc(-c3ccc(/[14C](N)=N\OC)cc3)o2)cc1. The summed E-state index contributed by atoms with van der Waals surface area (Å²) < 4.78 is 5.98. The largest absolute Gasteiger partial charge is 0.456 e. The van der Waals surface area contributed by atoms with Crippen LogP contribution in [0.15, 0.2) is 75.4 Å². The van der Waals surface area contributed by atoms with Gasteiger partial charge in [0.25, 0.3) is 0 Å². The van der Waals surface area contributed by atoms with E-state index >= 15 is 0 Å². The Hall–Kier alpha value is -3.74. The predicted octanol–water partition coefficient (Wildman–Crippen LogP) is 3.15. The van der Waals surface area contributed by atoms with Crippen molar-refractivity contribution in [3.05, 3.63) is 71.8 Å². The first-order chi connectivity index (χ1) is 13.1. The summed E-state index contributed by atoms with van der Waals surface area (Å²) in [5, 5.41) is 7.44. The molecule has 7 heteroatoms. The van der Waals surface area contributed by atoms with Crippen LogP contribution in [0.2, 0.25) is 0 Å². The summed E-state index contributed by atoms with van der Waals surface area (Å²) in [5.74, 6) is 2.15. The molecule has 3 aromatic rings. The monoisotopic (exact) mass is 368 g/mol. The van der Waals surface area contributed by atoms with E-state index in [0.717, 1.165) is 33.8 Å². The van der Waals surface area contributed by atoms with Crippen molar-refractivity contribution in [3.8, 4) is 22.6 Å². The van der Waals surface area contributed by atoms with Gasteiger partial charge < -0.3 is 25.6 Å². The lowest BCUT2D eigenvalue weighted by molar-refractivity contribution is 0.213. The second kappa shape index (κ2) is 8.09. The van der Waals surface area contributed by atoms with E-state index in [9.17, 15) is 0 Å². The number of benzene rings is 2. The van der Waals surface area contributed by atoms with Gasteiger partial charge in [0.1, 0.15) is 25.7 Å². The van der Waals surface area contributed by atoms with Crippen molar-refractivity contribution in [2.24, 2.45) is 21.8 Å². The third kappa shape index (κ3) is 4.09. The standard InChI is InChI=1S/C20H20N4O3/c1-25-23-19(21)15-7-3-13(4-8-15)17-11-12-18(27-17)14-5-9-16(10-6-14)20(22)24-26-2/h3-12H,1-2H3,(H2,21,23)(H2,22,24)/i19+2,20+2. The van der Waals surface area contributed by atoms with Gasteiger partial charge in [0.05, 0.1) is 0 Å². The molecule has 0 spiro atoms. The summed E-state index contributed by atoms with van der Waals surface area (Å²) in [4.78, 5) is 9.37. The van der Waals surface area contributed by atoms with E-state index in [1.54, 1.807) is 0 Å². The van der Waals surface area contributed by atoms with Gasteiger partial charge in [-0.25, -0.2) is 0 Å². The molecule has 1 heterocycles. The van der Waals surface area contributed by atoms with Crippen molar-refractivity contribution >= 4 is 11.7 Å². The highest BCUT2D eigenvalue weighted by molar-refractivity contribution is 5.98. The van der Waals surface area contributed by atoms with Gasteiger partial charge in [0.2, 0.25) is 0 Å². The van der Waals surface area contributed by atoms with Crippen LogP contribution in [-0.2, 0) is 9.68 Å². The van der Waals surface area contributed by atoms with E-state index in [4.69, 9.17) is 15.9 Å². The summed E-state index contributed by atoms with van der Waals surface area (Å²) in [6.07, 6.45) is 0. The molecule has 0 bridgehead atoms. The topological polar surface area (TPSA) is 108 Å². The molecule has 0 aliphatic rings. The molecule has 138 valence electrons. The van der Waals surface area contributed by atoms with Crippen LogP contribution in [0, 0.1) is 0 Å². The summed E-state index contributed by atoms with van der Waals surface area (Å²) in [5.41, 5.74) is 15.0. The molecule has 0 aliphatic carbocycles. The highest BCUT2D eigenvalue weighted by Crippen LogP contribution is 2.28. The number of nitrogens with zero attached hydrogens (tertiary/aromatic N) is 2. The first-order valence-electron chi connectivity index (χ1n) is 8.17. The minimum Gasteiger partial charge on any atom is -0.456 e. The zero-order valence-corrected chi connectivity index (χ0v) is 15.0. The maximum absolute atomic E-state index is 5.98. The predicted molar refractivity (Wildman–Crippen MR) is 105 cm³/mol. The van der Waals surface area contributed by atoms with E-state index in [1.165, 1.54) is 14.2 Å². The summed E-state index contributed by atoms with van der Waals surface area (Å²) in [7, 11) is 2.91. The quantitative estimate of drug-likeness (QED) is 0.395. The van der Waals surface area contributed by atoms with E-state index in [1.807, 2.05) is 60.7 Å². The van der Waals surface area contributed by atoms with Crippen molar-refractivity contribution in [1.29, 1.82) is 0 Å². The van der Waals surface area contributed by atoms with Gasteiger partial charge in [0.15, 0.2) is 11.7 Å². The number of hydrogen-bond donors (Lipinski definition) is 2. The van der Waals surface area contributed by atoms with Gasteiger partial charge >= 0.3 is 0 Å². The number of oxime groups is 2. The van der Waals surface area contributed by atoms with Crippen LogP contribution >= 0.6 is 0 Å². The van der Waals surface area contributed by atoms with Gasteiger partial charge in [-0.2, -0.15) is 0 Å². The molecule has 0 saturated heterocycles. The first-order valence-corrected chi connectivity index (χ1v) is 8.17. The third-order valence-corrected chi connectivity index (χ3v) is 3.92. The molecule has 7 nitrogen and oxygen atoms in total. The molecule has 27 heavy (non-hydrogen) atoms. The van der Waals surface area contributed by atoms with Gasteiger partial charge in [-0.05, 0) is 12.1 Å². The molecular weight excluding hydrogens is 348 g/mol. The second-order valence-corrected chi connectivity index (χ2v) is 5.64. The van der Waals surface area contributed by atoms with Crippen LogP contribution in [-0.4, -0.2) is 25.9 Å². The molecule has 0 fully saturated rings. The lowest BCUT2D eigenvalue weighted by Gasteiger charge is -2.03. The molecule has 0 saturated carbocycles. The highest BCUT2D eigenvalue weighted by atomic mass is 16.6. The highest BCUT2D eigenvalue weighted by Gasteiger charge is 2.09. The molecule has 0 aliphatic heterocycles. The smallest absolute Gasteiger partial charge is 0.170 e. The molecule has 1 aromatic heterocycles. The lowest BCUT2D eigenvalue weighted by Crippen LogP contribution is -2.13. The molecule has 0 amide bonds. The van der Waals surface area contributed by atoms with Crippen LogP contribution < -0.4 is 11.5 Å². The number of furan rings is 1. The molecule has 2 aromatic carbocycles. The summed E-state index contributed by atoms with van der Waals surface area (Å²) in [6, 6.07) is 19.0. The maximum atomic E-state index is 5.98. The van der Waals surface area contributed by atoms with Crippen molar-refractivity contribution in [2.45, 2.75) is 0 Å². The Morgan fingerprint density at radius 3 is 1.37 bits per heavy atom. The minimum atomic E-state index is 0.320. The van der Waals surface area contributed by atoms with Crippen molar-refractivity contribution in [3.63, 3.8) is 0 Å². The number of rotatable bonds is 6. The van der Waals surface area contributed by atoms with Crippen LogP contribution in [0.4, 0.5) is 0 Å². The normalized spacial score (nSPS) is 12.1. The number of hydrogen-bond acceptors (Lipinski definition) is 5. The van der Waals surface area contributed by atoms with Crippen LogP contribution in [0.1, 0.15) is 11.1 Å². The van der Waals surface area contributed by atoms with E-state index in [-0.39, 0.29) is 0 Å². The molecule has 4 N–H and O–H groups in total.